The molecule has 2 saturated heterocycles. The summed E-state index contributed by atoms with van der Waals surface area (Å²) in [5.41, 5.74) is -3.45. The summed E-state index contributed by atoms with van der Waals surface area (Å²) in [6.45, 7) is 11.3. The summed E-state index contributed by atoms with van der Waals surface area (Å²) < 4.78 is 16.7. The number of aliphatic hydroxyl groups excluding tert-OH is 5. The Morgan fingerprint density at radius 3 is 1.65 bits per heavy atom. The molecule has 0 aromatic heterocycles. The van der Waals surface area contributed by atoms with Crippen LogP contribution in [0.2, 0.25) is 0 Å². The van der Waals surface area contributed by atoms with E-state index in [4.69, 9.17) is 14.2 Å². The normalized spacial score (nSPS) is 40.1. The lowest BCUT2D eigenvalue weighted by atomic mass is 9.64. The Morgan fingerprint density at radius 1 is 0.706 bits per heavy atom. The van der Waals surface area contributed by atoms with Gasteiger partial charge in [0, 0.05) is 11.3 Å². The quantitative estimate of drug-likeness (QED) is 0.236. The second-order valence-corrected chi connectivity index (χ2v) is 11.3. The number of aliphatic hydroxyl groups is 5. The Morgan fingerprint density at radius 2 is 1.21 bits per heavy atom. The van der Waals surface area contributed by atoms with E-state index in [1.165, 1.54) is 13.8 Å². The van der Waals surface area contributed by atoms with Crippen molar-refractivity contribution < 1.29 is 59.5 Å². The molecular weight excluding hydrogens is 456 g/mol. The second-order valence-electron chi connectivity index (χ2n) is 11.3. The van der Waals surface area contributed by atoms with Gasteiger partial charge in [0.15, 0.2) is 18.5 Å². The van der Waals surface area contributed by atoms with Gasteiger partial charge in [0.2, 0.25) is 0 Å². The molecule has 34 heavy (non-hydrogen) atoms. The van der Waals surface area contributed by atoms with E-state index in [0.717, 1.165) is 0 Å². The lowest BCUT2D eigenvalue weighted by Gasteiger charge is -2.55. The summed E-state index contributed by atoms with van der Waals surface area (Å²) in [6.07, 6.45) is -14.8. The van der Waals surface area contributed by atoms with Gasteiger partial charge in [0.05, 0.1) is 17.8 Å². The first-order valence-electron chi connectivity index (χ1n) is 11.1. The highest BCUT2D eigenvalue weighted by Gasteiger charge is 2.60. The Kier molecular flexibility index (Phi) is 8.13. The third-order valence-corrected chi connectivity index (χ3v) is 7.39. The fourth-order valence-electron chi connectivity index (χ4n) is 4.68. The Bertz CT molecular complexity index is 759. The summed E-state index contributed by atoms with van der Waals surface area (Å²) in [5.74, 6) is -3.80. The van der Waals surface area contributed by atoms with Crippen molar-refractivity contribution in [3.63, 3.8) is 0 Å². The molecule has 0 bridgehead atoms. The van der Waals surface area contributed by atoms with Crippen LogP contribution >= 0.6 is 0 Å². The van der Waals surface area contributed by atoms with E-state index in [9.17, 15) is 45.3 Å². The van der Waals surface area contributed by atoms with Gasteiger partial charge in [-0.25, -0.2) is 9.59 Å². The highest BCUT2D eigenvalue weighted by Crippen LogP contribution is 2.48. The average Bonchev–Trinajstić information content (AvgIpc) is 2.68. The third kappa shape index (κ3) is 5.09. The number of rotatable bonds is 6. The smallest absolute Gasteiger partial charge is 0.335 e. The van der Waals surface area contributed by atoms with Crippen molar-refractivity contribution in [1.29, 1.82) is 0 Å². The highest BCUT2D eigenvalue weighted by molar-refractivity contribution is 5.74. The maximum absolute atomic E-state index is 12.0. The Labute approximate surface area is 198 Å². The monoisotopic (exact) mass is 494 g/mol. The van der Waals surface area contributed by atoms with Gasteiger partial charge in [-0.05, 0) is 19.3 Å². The number of carboxylic acid groups (broad SMARTS) is 2. The predicted molar refractivity (Wildman–Crippen MR) is 115 cm³/mol. The van der Waals surface area contributed by atoms with Gasteiger partial charge in [0.1, 0.15) is 24.4 Å². The van der Waals surface area contributed by atoms with E-state index >= 15 is 0 Å². The van der Waals surface area contributed by atoms with Gasteiger partial charge < -0.3 is 50.0 Å². The minimum absolute atomic E-state index is 0.722. The summed E-state index contributed by atoms with van der Waals surface area (Å²) >= 11 is 0. The molecule has 2 aliphatic heterocycles. The maximum atomic E-state index is 12.0. The zero-order valence-electron chi connectivity index (χ0n) is 20.4. The first-order chi connectivity index (χ1) is 15.3. The average molecular weight is 495 g/mol. The van der Waals surface area contributed by atoms with Gasteiger partial charge in [-0.1, -0.05) is 34.6 Å². The predicted octanol–water partition coefficient (Wildman–Crippen LogP) is -1.06. The molecule has 7 N–H and O–H groups in total. The van der Waals surface area contributed by atoms with Gasteiger partial charge >= 0.3 is 11.9 Å². The molecule has 12 nitrogen and oxygen atoms in total. The van der Waals surface area contributed by atoms with E-state index in [2.05, 4.69) is 0 Å². The van der Waals surface area contributed by atoms with Crippen LogP contribution < -0.4 is 0 Å². The summed E-state index contributed by atoms with van der Waals surface area (Å²) in [4.78, 5) is 23.7. The van der Waals surface area contributed by atoms with Crippen molar-refractivity contribution in [3.05, 3.63) is 0 Å². The standard InChI is InChI=1S/C22H38O12/c1-20(2,3)8-9(23)11(25)16(32-13(8)17(27)28)21(4,5)22(6,7)34-14-10(24)12(26)19(31)33-15(14)18(29)30/h8-16,19,23-26,31H,1-7H3,(H,27,28)(H,29,30). The van der Waals surface area contributed by atoms with Gasteiger partial charge in [-0.3, -0.25) is 0 Å². The van der Waals surface area contributed by atoms with Crippen molar-refractivity contribution in [1.82, 2.24) is 0 Å². The van der Waals surface area contributed by atoms with Crippen LogP contribution in [0.3, 0.4) is 0 Å². The van der Waals surface area contributed by atoms with Crippen molar-refractivity contribution in [2.24, 2.45) is 16.7 Å². The zero-order valence-corrected chi connectivity index (χ0v) is 20.4. The van der Waals surface area contributed by atoms with Crippen LogP contribution in [0.5, 0.6) is 0 Å². The van der Waals surface area contributed by atoms with E-state index in [-0.39, 0.29) is 0 Å². The first-order valence-corrected chi connectivity index (χ1v) is 11.1. The van der Waals surface area contributed by atoms with E-state index in [1.54, 1.807) is 34.6 Å². The van der Waals surface area contributed by atoms with Crippen LogP contribution in [0.15, 0.2) is 0 Å². The number of hydrogen-bond acceptors (Lipinski definition) is 10. The largest absolute Gasteiger partial charge is 0.479 e. The summed E-state index contributed by atoms with van der Waals surface area (Å²) in [7, 11) is 0. The summed E-state index contributed by atoms with van der Waals surface area (Å²) in [6, 6.07) is 0. The number of hydrogen-bond donors (Lipinski definition) is 7. The van der Waals surface area contributed by atoms with Crippen LogP contribution in [0.1, 0.15) is 48.5 Å². The maximum Gasteiger partial charge on any atom is 0.335 e. The van der Waals surface area contributed by atoms with Gasteiger partial charge in [-0.2, -0.15) is 0 Å². The molecule has 10 atom stereocenters. The van der Waals surface area contributed by atoms with Crippen molar-refractivity contribution in [2.75, 3.05) is 0 Å². The Hall–Kier alpha value is -1.38. The molecule has 0 saturated carbocycles. The second kappa shape index (κ2) is 9.58. The number of carboxylic acids is 2. The fraction of sp³-hybridized carbons (Fsp3) is 0.909. The molecule has 2 fully saturated rings. The number of carbonyl (C=O) groups is 2. The van der Waals surface area contributed by atoms with Gasteiger partial charge in [-0.15, -0.1) is 0 Å². The molecule has 2 rings (SSSR count). The van der Waals surface area contributed by atoms with Gasteiger partial charge in [0.25, 0.3) is 0 Å². The van der Waals surface area contributed by atoms with Crippen LogP contribution in [-0.2, 0) is 23.8 Å². The third-order valence-electron chi connectivity index (χ3n) is 7.39. The molecule has 198 valence electrons. The van der Waals surface area contributed by atoms with Crippen molar-refractivity contribution >= 4 is 11.9 Å². The van der Waals surface area contributed by atoms with Crippen molar-refractivity contribution in [3.8, 4) is 0 Å². The van der Waals surface area contributed by atoms with Crippen LogP contribution in [0, 0.1) is 16.7 Å². The van der Waals surface area contributed by atoms with Crippen LogP contribution in [0.25, 0.3) is 0 Å². The molecular formula is C22H38O12. The molecule has 2 heterocycles. The molecule has 0 amide bonds. The topological polar surface area (TPSA) is 203 Å². The minimum atomic E-state index is -1.95. The lowest BCUT2D eigenvalue weighted by molar-refractivity contribution is -0.320. The fourth-order valence-corrected chi connectivity index (χ4v) is 4.68. The molecule has 0 aromatic rings. The highest BCUT2D eigenvalue weighted by atomic mass is 16.7. The van der Waals surface area contributed by atoms with E-state index < -0.39 is 89.4 Å². The molecule has 0 aromatic carbocycles. The van der Waals surface area contributed by atoms with E-state index in [0.29, 0.717) is 0 Å². The van der Waals surface area contributed by atoms with Crippen LogP contribution in [0.4, 0.5) is 0 Å². The zero-order chi connectivity index (χ0) is 26.5. The summed E-state index contributed by atoms with van der Waals surface area (Å²) in [5, 5.41) is 71.3. The SMILES string of the molecule is CC(C)(C)C1C(C(=O)O)OC(C(C)(C)C(C)(C)OC2C(C(=O)O)OC(O)C(O)C2O)C(O)C1O. The van der Waals surface area contributed by atoms with E-state index in [1.807, 2.05) is 0 Å². The van der Waals surface area contributed by atoms with Crippen LogP contribution in [-0.4, -0.2) is 108 Å². The molecule has 12 heteroatoms. The lowest BCUT2D eigenvalue weighted by Crippen LogP contribution is -2.68. The molecule has 0 spiro atoms. The van der Waals surface area contributed by atoms with Crippen molar-refractivity contribution in [2.45, 2.75) is 109 Å². The first kappa shape index (κ1) is 28.9. The molecule has 10 unspecified atom stereocenters. The Balaban J connectivity index is 2.41. The molecule has 0 aliphatic carbocycles. The number of aliphatic carboxylic acids is 2. The minimum Gasteiger partial charge on any atom is -0.479 e. The number of ether oxygens (including phenoxy) is 3. The molecule has 2 aliphatic rings. The molecule has 0 radical (unpaired) electrons.